The molecule has 1 aliphatic carbocycles. The van der Waals surface area contributed by atoms with Crippen LogP contribution < -0.4 is 10.1 Å². The number of aliphatic hydroxyl groups excluding tert-OH is 1. The predicted octanol–water partition coefficient (Wildman–Crippen LogP) is 1.83. The summed E-state index contributed by atoms with van der Waals surface area (Å²) in [5, 5.41) is 12.2. The summed E-state index contributed by atoms with van der Waals surface area (Å²) in [4.78, 5) is 11.6. The number of benzene rings is 1. The van der Waals surface area contributed by atoms with Crippen LogP contribution in [0.4, 0.5) is 0 Å². The number of hydrogen-bond acceptors (Lipinski definition) is 3. The van der Waals surface area contributed by atoms with E-state index >= 15 is 0 Å². The van der Waals surface area contributed by atoms with Crippen molar-refractivity contribution >= 4 is 5.91 Å². The van der Waals surface area contributed by atoms with Crippen molar-refractivity contribution in [1.29, 1.82) is 0 Å². The van der Waals surface area contributed by atoms with Gasteiger partial charge in [0.15, 0.2) is 6.61 Å². The van der Waals surface area contributed by atoms with Gasteiger partial charge in [0.25, 0.3) is 5.91 Å². The second kappa shape index (κ2) is 7.29. The molecule has 110 valence electrons. The molecule has 0 bridgehead atoms. The topological polar surface area (TPSA) is 58.6 Å². The smallest absolute Gasteiger partial charge is 0.258 e. The highest BCUT2D eigenvalue weighted by molar-refractivity contribution is 5.77. The number of fused-ring (bicyclic) bond motifs is 1. The Hall–Kier alpha value is -1.55. The Balaban J connectivity index is 1.73. The molecule has 4 heteroatoms. The normalized spacial score (nSPS) is 14.7. The molecule has 1 aliphatic rings. The average molecular weight is 277 g/mol. The molecular weight excluding hydrogens is 254 g/mol. The third-order valence-corrected chi connectivity index (χ3v) is 3.60. The number of hydrogen-bond donors (Lipinski definition) is 2. The molecular formula is C16H23NO3. The summed E-state index contributed by atoms with van der Waals surface area (Å²) >= 11 is 0. The number of aryl methyl sites for hydroxylation is 2. The summed E-state index contributed by atoms with van der Waals surface area (Å²) in [5.41, 5.74) is 2.73. The maximum absolute atomic E-state index is 11.6. The second-order valence-electron chi connectivity index (χ2n) is 5.32. The first-order valence-corrected chi connectivity index (χ1v) is 7.38. The van der Waals surface area contributed by atoms with Crippen molar-refractivity contribution in [3.63, 3.8) is 0 Å². The summed E-state index contributed by atoms with van der Waals surface area (Å²) in [5.74, 6) is 0.551. The van der Waals surface area contributed by atoms with Crippen LogP contribution in [0.5, 0.6) is 5.75 Å². The van der Waals surface area contributed by atoms with E-state index in [1.807, 2.05) is 19.1 Å². The monoisotopic (exact) mass is 277 g/mol. The van der Waals surface area contributed by atoms with Crippen LogP contribution in [0.1, 0.15) is 37.3 Å². The highest BCUT2D eigenvalue weighted by Gasteiger charge is 2.12. The minimum Gasteiger partial charge on any atom is -0.484 e. The number of rotatable bonds is 7. The lowest BCUT2D eigenvalue weighted by molar-refractivity contribution is -0.123. The van der Waals surface area contributed by atoms with Crippen molar-refractivity contribution < 1.29 is 14.6 Å². The number of carbonyl (C=O) groups excluding carboxylic acids is 1. The van der Waals surface area contributed by atoms with Gasteiger partial charge < -0.3 is 15.2 Å². The number of carbonyl (C=O) groups is 1. The van der Waals surface area contributed by atoms with Crippen molar-refractivity contribution in [2.45, 2.75) is 45.1 Å². The van der Waals surface area contributed by atoms with Crippen LogP contribution in [0.15, 0.2) is 18.2 Å². The van der Waals surface area contributed by atoms with E-state index in [1.165, 1.54) is 17.5 Å². The van der Waals surface area contributed by atoms with Crippen molar-refractivity contribution in [1.82, 2.24) is 5.32 Å². The summed E-state index contributed by atoms with van der Waals surface area (Å²) in [7, 11) is 0. The van der Waals surface area contributed by atoms with Crippen molar-refractivity contribution in [3.05, 3.63) is 29.3 Å². The Morgan fingerprint density at radius 2 is 2.20 bits per heavy atom. The fourth-order valence-electron chi connectivity index (χ4n) is 2.50. The van der Waals surface area contributed by atoms with Gasteiger partial charge in [-0.05, 0) is 48.9 Å². The van der Waals surface area contributed by atoms with Crippen LogP contribution in [0.25, 0.3) is 0 Å². The molecule has 0 aliphatic heterocycles. The number of amides is 1. The standard InChI is InChI=1S/C16H23NO3/c1-2-4-14(18)10-17-16(19)11-20-15-8-7-12-5-3-6-13(12)9-15/h7-9,14,18H,2-6,10-11H2,1H3,(H,17,19). The highest BCUT2D eigenvalue weighted by atomic mass is 16.5. The molecule has 0 radical (unpaired) electrons. The summed E-state index contributed by atoms with van der Waals surface area (Å²) in [6.45, 7) is 2.29. The summed E-state index contributed by atoms with van der Waals surface area (Å²) in [6.07, 6.45) is 4.58. The van der Waals surface area contributed by atoms with Crippen LogP contribution in [0.3, 0.4) is 0 Å². The molecule has 0 aromatic heterocycles. The SMILES string of the molecule is CCCC(O)CNC(=O)COc1ccc2c(c1)CCC2. The van der Waals surface area contributed by atoms with Gasteiger partial charge in [0.05, 0.1) is 6.10 Å². The summed E-state index contributed by atoms with van der Waals surface area (Å²) < 4.78 is 5.49. The first-order valence-electron chi connectivity index (χ1n) is 7.38. The molecule has 20 heavy (non-hydrogen) atoms. The first kappa shape index (κ1) is 14.9. The third-order valence-electron chi connectivity index (χ3n) is 3.60. The largest absolute Gasteiger partial charge is 0.484 e. The Bertz CT molecular complexity index is 459. The van der Waals surface area contributed by atoms with Gasteiger partial charge in [-0.1, -0.05) is 19.4 Å². The van der Waals surface area contributed by atoms with Gasteiger partial charge in [-0.15, -0.1) is 0 Å². The predicted molar refractivity (Wildman–Crippen MR) is 77.9 cm³/mol. The fraction of sp³-hybridized carbons (Fsp3) is 0.562. The van der Waals surface area contributed by atoms with Crippen LogP contribution in [-0.4, -0.2) is 30.3 Å². The van der Waals surface area contributed by atoms with E-state index in [2.05, 4.69) is 11.4 Å². The maximum Gasteiger partial charge on any atom is 0.258 e. The van der Waals surface area contributed by atoms with E-state index < -0.39 is 6.10 Å². The quantitative estimate of drug-likeness (QED) is 0.799. The zero-order valence-electron chi connectivity index (χ0n) is 12.0. The lowest BCUT2D eigenvalue weighted by Crippen LogP contribution is -2.35. The Kier molecular flexibility index (Phi) is 5.41. The molecule has 1 aromatic carbocycles. The molecule has 0 saturated carbocycles. The Morgan fingerprint density at radius 1 is 1.40 bits per heavy atom. The second-order valence-corrected chi connectivity index (χ2v) is 5.32. The van der Waals surface area contributed by atoms with Gasteiger partial charge in [0.2, 0.25) is 0 Å². The van der Waals surface area contributed by atoms with E-state index in [0.29, 0.717) is 13.0 Å². The number of nitrogens with one attached hydrogen (secondary N) is 1. The minimum atomic E-state index is -0.469. The van der Waals surface area contributed by atoms with Gasteiger partial charge in [-0.3, -0.25) is 4.79 Å². The fourth-order valence-corrected chi connectivity index (χ4v) is 2.50. The van der Waals surface area contributed by atoms with Crippen molar-refractivity contribution in [3.8, 4) is 5.75 Å². The van der Waals surface area contributed by atoms with E-state index in [-0.39, 0.29) is 12.5 Å². The Morgan fingerprint density at radius 3 is 3.00 bits per heavy atom. The Labute approximate surface area is 120 Å². The number of ether oxygens (including phenoxy) is 1. The molecule has 1 unspecified atom stereocenters. The van der Waals surface area contributed by atoms with E-state index in [1.54, 1.807) is 0 Å². The molecule has 0 fully saturated rings. The van der Waals surface area contributed by atoms with Gasteiger partial charge >= 0.3 is 0 Å². The molecule has 0 saturated heterocycles. The zero-order chi connectivity index (χ0) is 14.4. The third kappa shape index (κ3) is 4.23. The van der Waals surface area contributed by atoms with Crippen LogP contribution in [-0.2, 0) is 17.6 Å². The van der Waals surface area contributed by atoms with Gasteiger partial charge in [0, 0.05) is 6.54 Å². The van der Waals surface area contributed by atoms with Gasteiger partial charge in [0.1, 0.15) is 5.75 Å². The molecule has 2 rings (SSSR count). The van der Waals surface area contributed by atoms with Crippen molar-refractivity contribution in [2.75, 3.05) is 13.2 Å². The van der Waals surface area contributed by atoms with E-state index in [9.17, 15) is 9.90 Å². The van der Waals surface area contributed by atoms with Crippen LogP contribution in [0.2, 0.25) is 0 Å². The first-order chi connectivity index (χ1) is 9.69. The van der Waals surface area contributed by atoms with Gasteiger partial charge in [-0.25, -0.2) is 0 Å². The molecule has 4 nitrogen and oxygen atoms in total. The average Bonchev–Trinajstić information content (AvgIpc) is 2.90. The molecule has 1 atom stereocenters. The van der Waals surface area contributed by atoms with E-state index in [0.717, 1.165) is 25.0 Å². The summed E-state index contributed by atoms with van der Waals surface area (Å²) in [6, 6.07) is 6.03. The molecule has 1 aromatic rings. The molecule has 2 N–H and O–H groups in total. The van der Waals surface area contributed by atoms with E-state index in [4.69, 9.17) is 4.74 Å². The maximum atomic E-state index is 11.6. The zero-order valence-corrected chi connectivity index (χ0v) is 12.0. The van der Waals surface area contributed by atoms with Crippen molar-refractivity contribution in [2.24, 2.45) is 0 Å². The lowest BCUT2D eigenvalue weighted by Gasteiger charge is -2.11. The number of aliphatic hydroxyl groups is 1. The van der Waals surface area contributed by atoms with Crippen LogP contribution in [0, 0.1) is 0 Å². The lowest BCUT2D eigenvalue weighted by atomic mass is 10.1. The molecule has 0 heterocycles. The van der Waals surface area contributed by atoms with Gasteiger partial charge in [-0.2, -0.15) is 0 Å². The molecule has 0 spiro atoms. The highest BCUT2D eigenvalue weighted by Crippen LogP contribution is 2.25. The molecule has 1 amide bonds. The minimum absolute atomic E-state index is 0.00235. The van der Waals surface area contributed by atoms with Crippen LogP contribution >= 0.6 is 0 Å².